The highest BCUT2D eigenvalue weighted by molar-refractivity contribution is 4.79. The summed E-state index contributed by atoms with van der Waals surface area (Å²) >= 11 is 0. The van der Waals surface area contributed by atoms with Gasteiger partial charge < -0.3 is 5.32 Å². The molecule has 15 heavy (non-hydrogen) atoms. The molecule has 1 heteroatoms. The lowest BCUT2D eigenvalue weighted by atomic mass is 9.83. The molecule has 0 aromatic carbocycles. The predicted molar refractivity (Wildman–Crippen MR) is 72.4 cm³/mol. The average Bonchev–Trinajstić information content (AvgIpc) is 2.35. The van der Waals surface area contributed by atoms with Gasteiger partial charge >= 0.3 is 0 Å². The van der Waals surface area contributed by atoms with Crippen molar-refractivity contribution >= 4 is 0 Å². The van der Waals surface area contributed by atoms with Crippen molar-refractivity contribution in [3.8, 4) is 0 Å². The molecule has 0 aromatic rings. The Labute approximate surface area is 98.0 Å². The zero-order valence-corrected chi connectivity index (χ0v) is 11.9. The number of hydrogen-bond acceptors (Lipinski definition) is 1. The summed E-state index contributed by atoms with van der Waals surface area (Å²) in [6.45, 7) is 13.7. The molecule has 1 aliphatic carbocycles. The van der Waals surface area contributed by atoms with Crippen LogP contribution in [0.25, 0.3) is 0 Å². The molecule has 0 bridgehead atoms. The molecule has 1 nitrogen and oxygen atoms in total. The first-order valence-electron chi connectivity index (χ1n) is 7.11. The standard InChI is InChI=1S/C10H21N.2C2H6/c1-3-9-7-5-6-8-10(9)11-4-2;2*1-2/h9-11H,3-8H2,1-2H3;2*1-2H3. The minimum absolute atomic E-state index is 0.832. The van der Waals surface area contributed by atoms with Gasteiger partial charge in [0.15, 0.2) is 0 Å². The zero-order valence-electron chi connectivity index (χ0n) is 11.9. The van der Waals surface area contributed by atoms with Crippen LogP contribution in [0.15, 0.2) is 0 Å². The largest absolute Gasteiger partial charge is 0.314 e. The molecule has 0 aliphatic heterocycles. The molecule has 1 rings (SSSR count). The van der Waals surface area contributed by atoms with Crippen molar-refractivity contribution in [2.45, 2.75) is 79.7 Å². The van der Waals surface area contributed by atoms with Crippen molar-refractivity contribution in [3.63, 3.8) is 0 Å². The van der Waals surface area contributed by atoms with E-state index in [9.17, 15) is 0 Å². The average molecular weight is 215 g/mol. The van der Waals surface area contributed by atoms with Crippen LogP contribution in [0.2, 0.25) is 0 Å². The Kier molecular flexibility index (Phi) is 16.2. The quantitative estimate of drug-likeness (QED) is 0.724. The lowest BCUT2D eigenvalue weighted by molar-refractivity contribution is 0.259. The van der Waals surface area contributed by atoms with Crippen molar-refractivity contribution in [3.05, 3.63) is 0 Å². The normalized spacial score (nSPS) is 24.4. The van der Waals surface area contributed by atoms with E-state index >= 15 is 0 Å². The van der Waals surface area contributed by atoms with Crippen LogP contribution >= 0.6 is 0 Å². The summed E-state index contributed by atoms with van der Waals surface area (Å²) in [6.07, 6.45) is 7.12. The molecule has 1 aliphatic rings. The van der Waals surface area contributed by atoms with E-state index in [1.807, 2.05) is 27.7 Å². The zero-order chi connectivity index (χ0) is 12.1. The maximum atomic E-state index is 3.59. The van der Waals surface area contributed by atoms with Crippen LogP contribution in [0.1, 0.15) is 73.6 Å². The highest BCUT2D eigenvalue weighted by Gasteiger charge is 2.21. The molecule has 2 atom stereocenters. The highest BCUT2D eigenvalue weighted by Crippen LogP contribution is 2.26. The molecule has 0 spiro atoms. The van der Waals surface area contributed by atoms with Gasteiger partial charge in [0.2, 0.25) is 0 Å². The minimum atomic E-state index is 0.832. The first kappa shape index (κ1) is 17.4. The maximum Gasteiger partial charge on any atom is 0.00951 e. The Bertz CT molecular complexity index is 99.5. The Hall–Kier alpha value is -0.0400. The van der Waals surface area contributed by atoms with Gasteiger partial charge in [0.05, 0.1) is 0 Å². The van der Waals surface area contributed by atoms with Crippen LogP contribution in [-0.2, 0) is 0 Å². The summed E-state index contributed by atoms with van der Waals surface area (Å²) in [7, 11) is 0. The Morgan fingerprint density at radius 3 is 1.93 bits per heavy atom. The molecule has 0 saturated heterocycles. The van der Waals surface area contributed by atoms with Gasteiger partial charge in [0.25, 0.3) is 0 Å². The van der Waals surface area contributed by atoms with Gasteiger partial charge in [-0.3, -0.25) is 0 Å². The second-order valence-corrected chi connectivity index (χ2v) is 3.62. The molecule has 1 fully saturated rings. The number of nitrogens with one attached hydrogen (secondary N) is 1. The second kappa shape index (κ2) is 14.0. The van der Waals surface area contributed by atoms with E-state index < -0.39 is 0 Å². The number of rotatable bonds is 3. The molecule has 0 heterocycles. The fourth-order valence-corrected chi connectivity index (χ4v) is 2.23. The molecule has 0 radical (unpaired) electrons. The molecule has 1 N–H and O–H groups in total. The topological polar surface area (TPSA) is 12.0 Å². The molecule has 94 valence electrons. The van der Waals surface area contributed by atoms with Crippen molar-refractivity contribution in [2.75, 3.05) is 6.54 Å². The number of hydrogen-bond donors (Lipinski definition) is 1. The van der Waals surface area contributed by atoms with Gasteiger partial charge in [-0.15, -0.1) is 0 Å². The van der Waals surface area contributed by atoms with Crippen LogP contribution < -0.4 is 5.32 Å². The van der Waals surface area contributed by atoms with E-state index in [4.69, 9.17) is 0 Å². The van der Waals surface area contributed by atoms with Gasteiger partial charge in [0, 0.05) is 6.04 Å². The Morgan fingerprint density at radius 2 is 1.47 bits per heavy atom. The molecular formula is C14H33N. The monoisotopic (exact) mass is 215 g/mol. The van der Waals surface area contributed by atoms with Crippen molar-refractivity contribution in [1.29, 1.82) is 0 Å². The summed E-state index contributed by atoms with van der Waals surface area (Å²) in [5.41, 5.74) is 0. The van der Waals surface area contributed by atoms with E-state index in [-0.39, 0.29) is 0 Å². The Balaban J connectivity index is 0. The minimum Gasteiger partial charge on any atom is -0.314 e. The fourth-order valence-electron chi connectivity index (χ4n) is 2.23. The first-order valence-corrected chi connectivity index (χ1v) is 7.11. The van der Waals surface area contributed by atoms with Crippen LogP contribution in [0.5, 0.6) is 0 Å². The third-order valence-electron chi connectivity index (χ3n) is 2.90. The van der Waals surface area contributed by atoms with E-state index in [1.54, 1.807) is 0 Å². The second-order valence-electron chi connectivity index (χ2n) is 3.62. The smallest absolute Gasteiger partial charge is 0.00951 e. The maximum absolute atomic E-state index is 3.59. The summed E-state index contributed by atoms with van der Waals surface area (Å²) < 4.78 is 0. The van der Waals surface area contributed by atoms with Gasteiger partial charge in [-0.2, -0.15) is 0 Å². The fraction of sp³-hybridized carbons (Fsp3) is 1.00. The van der Waals surface area contributed by atoms with Crippen LogP contribution in [-0.4, -0.2) is 12.6 Å². The van der Waals surface area contributed by atoms with Crippen LogP contribution in [0.3, 0.4) is 0 Å². The third kappa shape index (κ3) is 7.84. The van der Waals surface area contributed by atoms with Crippen molar-refractivity contribution in [1.82, 2.24) is 5.32 Å². The summed E-state index contributed by atoms with van der Waals surface area (Å²) in [5.74, 6) is 0.962. The van der Waals surface area contributed by atoms with E-state index in [0.717, 1.165) is 18.5 Å². The summed E-state index contributed by atoms with van der Waals surface area (Å²) in [4.78, 5) is 0. The van der Waals surface area contributed by atoms with E-state index in [0.29, 0.717) is 0 Å². The SMILES string of the molecule is CC.CC.CCNC1CCCCC1CC. The van der Waals surface area contributed by atoms with Gasteiger partial charge in [-0.25, -0.2) is 0 Å². The molecule has 1 saturated carbocycles. The van der Waals surface area contributed by atoms with Gasteiger partial charge in [-0.05, 0) is 25.3 Å². The third-order valence-corrected chi connectivity index (χ3v) is 2.90. The van der Waals surface area contributed by atoms with E-state index in [2.05, 4.69) is 19.2 Å². The Morgan fingerprint density at radius 1 is 0.933 bits per heavy atom. The molecule has 2 unspecified atom stereocenters. The molecule has 0 aromatic heterocycles. The van der Waals surface area contributed by atoms with Crippen molar-refractivity contribution < 1.29 is 0 Å². The van der Waals surface area contributed by atoms with Crippen molar-refractivity contribution in [2.24, 2.45) is 5.92 Å². The highest BCUT2D eigenvalue weighted by atomic mass is 14.9. The van der Waals surface area contributed by atoms with Crippen LogP contribution in [0, 0.1) is 5.92 Å². The first-order chi connectivity index (χ1) is 7.38. The van der Waals surface area contributed by atoms with Gasteiger partial charge in [-0.1, -0.05) is 60.8 Å². The lowest BCUT2D eigenvalue weighted by Gasteiger charge is -2.31. The predicted octanol–water partition coefficient (Wildman–Crippen LogP) is 4.62. The van der Waals surface area contributed by atoms with E-state index in [1.165, 1.54) is 32.1 Å². The van der Waals surface area contributed by atoms with Crippen LogP contribution in [0.4, 0.5) is 0 Å². The van der Waals surface area contributed by atoms with Gasteiger partial charge in [0.1, 0.15) is 0 Å². The summed E-state index contributed by atoms with van der Waals surface area (Å²) in [5, 5.41) is 3.59. The lowest BCUT2D eigenvalue weighted by Crippen LogP contribution is -2.37. The summed E-state index contributed by atoms with van der Waals surface area (Å²) in [6, 6.07) is 0.832. The molecular weight excluding hydrogens is 182 g/mol. The molecule has 0 amide bonds.